The molecule has 0 radical (unpaired) electrons. The molecule has 1 saturated carbocycles. The summed E-state index contributed by atoms with van der Waals surface area (Å²) in [5, 5.41) is 8.73. The lowest BCUT2D eigenvalue weighted by atomic mass is 9.63. The van der Waals surface area contributed by atoms with Gasteiger partial charge in [0, 0.05) is 18.3 Å². The zero-order valence-corrected chi connectivity index (χ0v) is 12.2. The van der Waals surface area contributed by atoms with Crippen molar-refractivity contribution in [3.05, 3.63) is 12.2 Å². The number of allylic oxidation sites excluding steroid dienone is 1. The molecule has 0 aromatic rings. The van der Waals surface area contributed by atoms with Gasteiger partial charge in [0.15, 0.2) is 5.79 Å². The van der Waals surface area contributed by atoms with Crippen molar-refractivity contribution in [3.63, 3.8) is 0 Å². The average molecular weight is 263 g/mol. The fourth-order valence-electron chi connectivity index (χ4n) is 3.57. The van der Waals surface area contributed by atoms with Crippen molar-refractivity contribution < 1.29 is 9.47 Å². The van der Waals surface area contributed by atoms with E-state index in [4.69, 9.17) is 14.7 Å². The van der Waals surface area contributed by atoms with Crippen LogP contribution in [0.25, 0.3) is 0 Å². The molecule has 3 heteroatoms. The summed E-state index contributed by atoms with van der Waals surface area (Å²) in [4.78, 5) is 0. The molecule has 1 heterocycles. The van der Waals surface area contributed by atoms with Crippen LogP contribution in [0.5, 0.6) is 0 Å². The number of hydrogen-bond donors (Lipinski definition) is 0. The van der Waals surface area contributed by atoms with Crippen LogP contribution in [0.1, 0.15) is 52.4 Å². The molecule has 3 nitrogen and oxygen atoms in total. The third kappa shape index (κ3) is 2.70. The Bertz CT molecular complexity index is 379. The highest BCUT2D eigenvalue weighted by atomic mass is 16.7. The summed E-state index contributed by atoms with van der Waals surface area (Å²) in [5.41, 5.74) is 1.27. The Morgan fingerprint density at radius 2 is 2.11 bits per heavy atom. The standard InChI is InChI=1S/C16H25NO2/c1-13(2)14-6-8-15(3,7-4-5-9-17)16(12-14)18-10-11-19-16/h14H,1,4-8,10-12H2,2-3H3/t14-,15+/m1/s1. The number of hydrogen-bond acceptors (Lipinski definition) is 3. The van der Waals surface area contributed by atoms with Crippen LogP contribution in [-0.4, -0.2) is 19.0 Å². The van der Waals surface area contributed by atoms with Gasteiger partial charge in [-0.15, -0.1) is 0 Å². The van der Waals surface area contributed by atoms with Crippen LogP contribution >= 0.6 is 0 Å². The van der Waals surface area contributed by atoms with Gasteiger partial charge in [-0.2, -0.15) is 5.26 Å². The molecule has 2 rings (SSSR count). The zero-order chi connectivity index (χ0) is 13.9. The van der Waals surface area contributed by atoms with E-state index in [9.17, 15) is 0 Å². The van der Waals surface area contributed by atoms with Crippen LogP contribution in [0.3, 0.4) is 0 Å². The van der Waals surface area contributed by atoms with Gasteiger partial charge in [0.1, 0.15) is 0 Å². The molecule has 0 N–H and O–H groups in total. The minimum atomic E-state index is -0.440. The molecule has 1 aliphatic carbocycles. The molecule has 1 saturated heterocycles. The molecule has 2 fully saturated rings. The molecule has 1 aliphatic heterocycles. The van der Waals surface area contributed by atoms with Crippen molar-refractivity contribution in [1.29, 1.82) is 5.26 Å². The smallest absolute Gasteiger partial charge is 0.174 e. The SMILES string of the molecule is C=C(C)[C@@H]1CC[C@](C)(CCCC#N)C2(C1)OCCO2. The Labute approximate surface area is 116 Å². The average Bonchev–Trinajstić information content (AvgIpc) is 2.83. The predicted octanol–water partition coefficient (Wildman–Crippen LogP) is 3.81. The third-order valence-electron chi connectivity index (χ3n) is 4.95. The number of ether oxygens (including phenoxy) is 2. The first-order chi connectivity index (χ1) is 9.03. The maximum absolute atomic E-state index is 8.73. The summed E-state index contributed by atoms with van der Waals surface area (Å²) in [5.74, 6) is 0.0618. The van der Waals surface area contributed by atoms with Crippen molar-refractivity contribution >= 4 is 0 Å². The fourth-order valence-corrected chi connectivity index (χ4v) is 3.57. The van der Waals surface area contributed by atoms with Crippen molar-refractivity contribution in [2.45, 2.75) is 58.2 Å². The lowest BCUT2D eigenvalue weighted by molar-refractivity contribution is -0.259. The second kappa shape index (κ2) is 5.64. The zero-order valence-electron chi connectivity index (χ0n) is 12.2. The van der Waals surface area contributed by atoms with Crippen molar-refractivity contribution in [2.24, 2.45) is 11.3 Å². The Balaban J connectivity index is 2.13. The fraction of sp³-hybridized carbons (Fsp3) is 0.812. The van der Waals surface area contributed by atoms with Crippen molar-refractivity contribution in [2.75, 3.05) is 13.2 Å². The molecule has 2 aliphatic rings. The minimum absolute atomic E-state index is 0.0340. The van der Waals surface area contributed by atoms with Gasteiger partial charge in [-0.25, -0.2) is 0 Å². The van der Waals surface area contributed by atoms with E-state index in [1.54, 1.807) is 0 Å². The molecule has 2 atom stereocenters. The molecule has 0 bridgehead atoms. The van der Waals surface area contributed by atoms with Gasteiger partial charge in [-0.1, -0.05) is 19.1 Å². The van der Waals surface area contributed by atoms with Crippen molar-refractivity contribution in [3.8, 4) is 6.07 Å². The van der Waals surface area contributed by atoms with Crippen LogP contribution in [-0.2, 0) is 9.47 Å². The predicted molar refractivity (Wildman–Crippen MR) is 74.4 cm³/mol. The summed E-state index contributed by atoms with van der Waals surface area (Å²) in [7, 11) is 0. The van der Waals surface area contributed by atoms with Gasteiger partial charge >= 0.3 is 0 Å². The first-order valence-electron chi connectivity index (χ1n) is 7.33. The molecular formula is C16H25NO2. The van der Waals surface area contributed by atoms with Gasteiger partial charge in [0.2, 0.25) is 0 Å². The minimum Gasteiger partial charge on any atom is -0.347 e. The molecule has 0 amide bonds. The summed E-state index contributed by atoms with van der Waals surface area (Å²) < 4.78 is 12.1. The Kier molecular flexibility index (Phi) is 4.32. The van der Waals surface area contributed by atoms with E-state index in [1.807, 2.05) is 0 Å². The van der Waals surface area contributed by atoms with E-state index >= 15 is 0 Å². The van der Waals surface area contributed by atoms with Crippen LogP contribution in [0.2, 0.25) is 0 Å². The van der Waals surface area contributed by atoms with E-state index in [2.05, 4.69) is 26.5 Å². The van der Waals surface area contributed by atoms with Crippen LogP contribution in [0, 0.1) is 22.7 Å². The maximum atomic E-state index is 8.73. The van der Waals surface area contributed by atoms with Gasteiger partial charge in [-0.05, 0) is 38.5 Å². The molecule has 0 unspecified atom stereocenters. The summed E-state index contributed by atoms with van der Waals surface area (Å²) in [6, 6.07) is 2.23. The first-order valence-corrected chi connectivity index (χ1v) is 7.33. The number of nitrogens with zero attached hydrogens (tertiary/aromatic N) is 1. The van der Waals surface area contributed by atoms with Gasteiger partial charge < -0.3 is 9.47 Å². The van der Waals surface area contributed by atoms with Gasteiger partial charge in [0.05, 0.1) is 19.3 Å². The molecule has 19 heavy (non-hydrogen) atoms. The third-order valence-corrected chi connectivity index (χ3v) is 4.95. The highest BCUT2D eigenvalue weighted by Crippen LogP contribution is 2.54. The quantitative estimate of drug-likeness (QED) is 0.572. The molecule has 106 valence electrons. The van der Waals surface area contributed by atoms with E-state index < -0.39 is 5.79 Å². The van der Waals surface area contributed by atoms with Crippen LogP contribution in [0.4, 0.5) is 0 Å². The largest absolute Gasteiger partial charge is 0.347 e. The van der Waals surface area contributed by atoms with Gasteiger partial charge in [0.25, 0.3) is 0 Å². The number of rotatable bonds is 4. The van der Waals surface area contributed by atoms with Gasteiger partial charge in [-0.3, -0.25) is 0 Å². The molecule has 1 spiro atoms. The number of unbranched alkanes of at least 4 members (excludes halogenated alkanes) is 1. The lowest BCUT2D eigenvalue weighted by Gasteiger charge is -2.50. The summed E-state index contributed by atoms with van der Waals surface area (Å²) >= 11 is 0. The molecular weight excluding hydrogens is 238 g/mol. The van der Waals surface area contributed by atoms with Crippen LogP contribution < -0.4 is 0 Å². The number of nitriles is 1. The van der Waals surface area contributed by atoms with Crippen LogP contribution in [0.15, 0.2) is 12.2 Å². The molecule has 0 aromatic carbocycles. The highest BCUT2D eigenvalue weighted by molar-refractivity contribution is 5.07. The lowest BCUT2D eigenvalue weighted by Crippen LogP contribution is -2.52. The summed E-state index contributed by atoms with van der Waals surface area (Å²) in [6.45, 7) is 9.86. The Morgan fingerprint density at radius 1 is 1.42 bits per heavy atom. The Hall–Kier alpha value is -0.850. The molecule has 0 aromatic heterocycles. The highest BCUT2D eigenvalue weighted by Gasteiger charge is 2.55. The van der Waals surface area contributed by atoms with E-state index in [0.717, 1.165) is 32.1 Å². The van der Waals surface area contributed by atoms with E-state index in [-0.39, 0.29) is 5.41 Å². The normalized spacial score (nSPS) is 33.2. The van der Waals surface area contributed by atoms with E-state index in [0.29, 0.717) is 25.6 Å². The maximum Gasteiger partial charge on any atom is 0.174 e. The Morgan fingerprint density at radius 3 is 2.68 bits per heavy atom. The summed E-state index contributed by atoms with van der Waals surface area (Å²) in [6.07, 6.45) is 5.73. The second-order valence-corrected chi connectivity index (χ2v) is 6.31. The topological polar surface area (TPSA) is 42.2 Å². The first kappa shape index (κ1) is 14.6. The monoisotopic (exact) mass is 263 g/mol. The van der Waals surface area contributed by atoms with Crippen molar-refractivity contribution in [1.82, 2.24) is 0 Å². The second-order valence-electron chi connectivity index (χ2n) is 6.31. The van der Waals surface area contributed by atoms with E-state index in [1.165, 1.54) is 5.57 Å².